The van der Waals surface area contributed by atoms with Crippen LogP contribution in [0.3, 0.4) is 0 Å². The van der Waals surface area contributed by atoms with Crippen molar-refractivity contribution in [2.75, 3.05) is 26.2 Å². The number of hydrogen-bond donors (Lipinski definition) is 1. The maximum Gasteiger partial charge on any atom is 0.249 e. The maximum absolute atomic E-state index is 14.7. The quantitative estimate of drug-likeness (QED) is 0.566. The molecule has 2 saturated heterocycles. The van der Waals surface area contributed by atoms with Gasteiger partial charge < -0.3 is 24.5 Å². The van der Waals surface area contributed by atoms with Gasteiger partial charge in [0.05, 0.1) is 30.1 Å². The highest BCUT2D eigenvalue weighted by Gasteiger charge is 2.76. The van der Waals surface area contributed by atoms with Crippen LogP contribution in [0.15, 0.2) is 54.6 Å². The number of aliphatic hydroxyl groups excluding tert-OH is 1. The predicted molar refractivity (Wildman–Crippen MR) is 147 cm³/mol. The second-order valence-electron chi connectivity index (χ2n) is 12.2. The summed E-state index contributed by atoms with van der Waals surface area (Å²) in [6, 6.07) is 7.50. The molecule has 1 aromatic rings. The van der Waals surface area contributed by atoms with Crippen molar-refractivity contribution in [1.29, 1.82) is 0 Å². The van der Waals surface area contributed by atoms with E-state index in [1.807, 2.05) is 89.3 Å². The number of aliphatic hydroxyl groups is 1. The Morgan fingerprint density at radius 3 is 2.28 bits per heavy atom. The first kappa shape index (κ1) is 27.6. The fraction of sp³-hybridized carbons (Fsp3) is 0.581. The summed E-state index contributed by atoms with van der Waals surface area (Å²) in [6.07, 6.45) is 9.00. The van der Waals surface area contributed by atoms with E-state index in [0.717, 1.165) is 12.0 Å². The number of nitrogens with zero attached hydrogens (tertiary/aromatic N) is 3. The number of benzene rings is 1. The summed E-state index contributed by atoms with van der Waals surface area (Å²) in [5.41, 5.74) is -2.13. The molecule has 1 N–H and O–H groups in total. The molecule has 8 nitrogen and oxygen atoms in total. The topological polar surface area (TPSA) is 90.4 Å². The largest absolute Gasteiger partial charge is 0.394 e. The van der Waals surface area contributed by atoms with Crippen LogP contribution in [0, 0.1) is 11.8 Å². The molecule has 4 aliphatic rings. The van der Waals surface area contributed by atoms with Gasteiger partial charge in [0.1, 0.15) is 11.6 Å². The normalized spacial score (nSPS) is 33.1. The van der Waals surface area contributed by atoms with Gasteiger partial charge in [0, 0.05) is 25.2 Å². The van der Waals surface area contributed by atoms with Gasteiger partial charge in [-0.2, -0.15) is 0 Å². The fourth-order valence-corrected chi connectivity index (χ4v) is 7.19. The molecule has 3 amide bonds. The molecule has 210 valence electrons. The number of rotatable bonds is 6. The number of fused-ring (bicyclic) bond motifs is 2. The van der Waals surface area contributed by atoms with Gasteiger partial charge in [-0.25, -0.2) is 0 Å². The van der Waals surface area contributed by atoms with E-state index in [2.05, 4.69) is 0 Å². The molecule has 8 heteroatoms. The Morgan fingerprint density at radius 2 is 1.67 bits per heavy atom. The lowest BCUT2D eigenvalue weighted by atomic mass is 9.73. The minimum absolute atomic E-state index is 0.113. The smallest absolute Gasteiger partial charge is 0.249 e. The number of carbonyl (C=O) groups excluding carboxylic acids is 3. The molecule has 1 unspecified atom stereocenters. The molecule has 4 heterocycles. The average molecular weight is 536 g/mol. The molecule has 5 rings (SSSR count). The lowest BCUT2D eigenvalue weighted by Gasteiger charge is -2.43. The van der Waals surface area contributed by atoms with E-state index in [4.69, 9.17) is 4.74 Å². The first-order chi connectivity index (χ1) is 18.6. The summed E-state index contributed by atoms with van der Waals surface area (Å²) in [4.78, 5) is 48.6. The van der Waals surface area contributed by atoms with Crippen molar-refractivity contribution in [1.82, 2.24) is 14.7 Å². The number of hydrogen-bond acceptors (Lipinski definition) is 5. The summed E-state index contributed by atoms with van der Waals surface area (Å²) in [7, 11) is 0. The number of ether oxygens (including phenoxy) is 1. The second-order valence-corrected chi connectivity index (χ2v) is 12.2. The third-order valence-corrected chi connectivity index (χ3v) is 8.96. The molecule has 1 aromatic carbocycles. The van der Waals surface area contributed by atoms with E-state index in [9.17, 15) is 19.5 Å². The average Bonchev–Trinajstić information content (AvgIpc) is 3.19. The Bertz CT molecular complexity index is 1190. The van der Waals surface area contributed by atoms with Crippen molar-refractivity contribution in [3.63, 3.8) is 0 Å². The van der Waals surface area contributed by atoms with Crippen LogP contribution >= 0.6 is 0 Å². The van der Waals surface area contributed by atoms with Crippen LogP contribution in [-0.4, -0.2) is 86.6 Å². The maximum atomic E-state index is 14.7. The highest BCUT2D eigenvalue weighted by atomic mass is 16.5. The lowest BCUT2D eigenvalue weighted by Crippen LogP contribution is -2.59. The molecule has 6 atom stereocenters. The van der Waals surface area contributed by atoms with Crippen LogP contribution in [0.25, 0.3) is 0 Å². The van der Waals surface area contributed by atoms with Gasteiger partial charge >= 0.3 is 0 Å². The van der Waals surface area contributed by atoms with Gasteiger partial charge in [-0.15, -0.1) is 0 Å². The number of likely N-dealkylation sites (tertiary alicyclic amines) is 1. The van der Waals surface area contributed by atoms with Gasteiger partial charge in [0.2, 0.25) is 17.7 Å². The van der Waals surface area contributed by atoms with Crippen molar-refractivity contribution >= 4 is 17.7 Å². The van der Waals surface area contributed by atoms with E-state index in [0.29, 0.717) is 26.1 Å². The zero-order chi connectivity index (χ0) is 28.2. The molecular weight excluding hydrogens is 494 g/mol. The molecule has 0 aromatic heterocycles. The van der Waals surface area contributed by atoms with Crippen molar-refractivity contribution in [2.45, 2.75) is 76.3 Å². The van der Waals surface area contributed by atoms with E-state index in [1.165, 1.54) is 4.90 Å². The third kappa shape index (κ3) is 4.06. The molecule has 39 heavy (non-hydrogen) atoms. The Balaban J connectivity index is 1.73. The zero-order valence-corrected chi connectivity index (χ0v) is 23.7. The Labute approximate surface area is 231 Å². The van der Waals surface area contributed by atoms with Crippen LogP contribution in [0.4, 0.5) is 0 Å². The fourth-order valence-electron chi connectivity index (χ4n) is 7.19. The second kappa shape index (κ2) is 9.89. The molecule has 2 fully saturated rings. The van der Waals surface area contributed by atoms with Crippen LogP contribution in [0.2, 0.25) is 0 Å². The Hall–Kier alpha value is -2.97. The SMILES string of the molecule is CCCN1CC=C[C@@]2(CC)O[C@]34C=CCN(C(C)(C)C)C(=O)C3N([C@H](CO)c3ccccc3)C(=O)[C@@H]4[C@H]2C1=O. The highest BCUT2D eigenvalue weighted by Crippen LogP contribution is 2.59. The standard InChI is InChI=1S/C31H41N3O5/c1-6-17-32-18-11-15-30(7-2)23(26(32)36)24-27(37)34(22(20-35)21-13-9-8-10-14-21)25-28(38)33(29(3,4)5)19-12-16-31(24,25)39-30/h8-16,22-25,35H,6-7,17-20H2,1-5H3/t22-,23+,24+,25?,30-,31+/m1/s1. The third-order valence-electron chi connectivity index (χ3n) is 8.96. The van der Waals surface area contributed by atoms with Gasteiger partial charge in [-0.1, -0.05) is 68.5 Å². The van der Waals surface area contributed by atoms with E-state index < -0.39 is 40.7 Å². The van der Waals surface area contributed by atoms with Crippen LogP contribution < -0.4 is 0 Å². The minimum Gasteiger partial charge on any atom is -0.394 e. The predicted octanol–water partition coefficient (Wildman–Crippen LogP) is 3.09. The Morgan fingerprint density at radius 1 is 0.974 bits per heavy atom. The van der Waals surface area contributed by atoms with E-state index in [1.54, 1.807) is 9.80 Å². The summed E-state index contributed by atoms with van der Waals surface area (Å²) < 4.78 is 7.02. The Kier molecular flexibility index (Phi) is 7.00. The summed E-state index contributed by atoms with van der Waals surface area (Å²) >= 11 is 0. The van der Waals surface area contributed by atoms with Gasteiger partial charge in [0.15, 0.2) is 0 Å². The minimum atomic E-state index is -1.34. The first-order valence-corrected chi connectivity index (χ1v) is 14.2. The van der Waals surface area contributed by atoms with Crippen molar-refractivity contribution in [2.24, 2.45) is 11.8 Å². The van der Waals surface area contributed by atoms with Crippen molar-refractivity contribution in [3.8, 4) is 0 Å². The first-order valence-electron chi connectivity index (χ1n) is 14.2. The molecule has 1 spiro atoms. The highest BCUT2D eigenvalue weighted by molar-refractivity contribution is 6.00. The van der Waals surface area contributed by atoms with Crippen LogP contribution in [0.1, 0.15) is 59.1 Å². The summed E-state index contributed by atoms with van der Waals surface area (Å²) in [5, 5.41) is 10.7. The van der Waals surface area contributed by atoms with Crippen LogP contribution in [0.5, 0.6) is 0 Å². The van der Waals surface area contributed by atoms with E-state index in [-0.39, 0.29) is 24.3 Å². The van der Waals surface area contributed by atoms with Crippen molar-refractivity contribution in [3.05, 3.63) is 60.2 Å². The number of amides is 3. The van der Waals surface area contributed by atoms with Gasteiger partial charge in [-0.3, -0.25) is 14.4 Å². The summed E-state index contributed by atoms with van der Waals surface area (Å²) in [5.74, 6) is -2.34. The molecule has 0 radical (unpaired) electrons. The van der Waals surface area contributed by atoms with Crippen molar-refractivity contribution < 1.29 is 24.2 Å². The molecule has 4 aliphatic heterocycles. The molecule has 0 bridgehead atoms. The summed E-state index contributed by atoms with van der Waals surface area (Å²) in [6.45, 7) is 11.0. The zero-order valence-electron chi connectivity index (χ0n) is 23.7. The van der Waals surface area contributed by atoms with Gasteiger partial charge in [-0.05, 0) is 39.2 Å². The van der Waals surface area contributed by atoms with Gasteiger partial charge in [0.25, 0.3) is 0 Å². The lowest BCUT2D eigenvalue weighted by molar-refractivity contribution is -0.159. The molecule has 0 saturated carbocycles. The van der Waals surface area contributed by atoms with E-state index >= 15 is 0 Å². The molecule has 0 aliphatic carbocycles. The van der Waals surface area contributed by atoms with Crippen LogP contribution in [-0.2, 0) is 19.1 Å². The number of carbonyl (C=O) groups is 3. The monoisotopic (exact) mass is 535 g/mol. The molecular formula is C31H41N3O5.